The Morgan fingerprint density at radius 2 is 2.00 bits per heavy atom. The average Bonchev–Trinajstić information content (AvgIpc) is 2.32. The lowest BCUT2D eigenvalue weighted by Crippen LogP contribution is -2.37. The number of hydrogen-bond acceptors (Lipinski definition) is 4. The number of nitrogens with zero attached hydrogens (tertiary/aromatic N) is 2. The summed E-state index contributed by atoms with van der Waals surface area (Å²) in [6, 6.07) is 0. The van der Waals surface area contributed by atoms with Crippen LogP contribution < -0.4 is 10.5 Å². The van der Waals surface area contributed by atoms with E-state index in [0.717, 1.165) is 11.1 Å². The molecule has 0 aliphatic rings. The second-order valence-electron chi connectivity index (χ2n) is 4.66. The first-order valence-electron chi connectivity index (χ1n) is 6.26. The second kappa shape index (κ2) is 6.90. The number of pyridine rings is 1. The molecule has 0 bridgehead atoms. The number of aryl methyl sites for hydroxylation is 1. The maximum atomic E-state index is 12.5. The van der Waals surface area contributed by atoms with E-state index in [1.165, 1.54) is 12.0 Å². The highest BCUT2D eigenvalue weighted by atomic mass is 19.4. The highest BCUT2D eigenvalue weighted by molar-refractivity contribution is 5.41. The van der Waals surface area contributed by atoms with Crippen LogP contribution in [0.15, 0.2) is 6.20 Å². The monoisotopic (exact) mass is 291 g/mol. The van der Waals surface area contributed by atoms with Crippen LogP contribution in [-0.2, 0) is 6.54 Å². The van der Waals surface area contributed by atoms with E-state index in [1.807, 2.05) is 6.92 Å². The van der Waals surface area contributed by atoms with Crippen molar-refractivity contribution in [1.82, 2.24) is 9.88 Å². The Balaban J connectivity index is 2.94. The molecule has 1 heterocycles. The van der Waals surface area contributed by atoms with E-state index in [9.17, 15) is 13.2 Å². The highest BCUT2D eigenvalue weighted by Gasteiger charge is 2.30. The maximum absolute atomic E-state index is 12.5. The summed E-state index contributed by atoms with van der Waals surface area (Å²) in [6.45, 7) is 3.06. The largest absolute Gasteiger partial charge is 0.496 e. The topological polar surface area (TPSA) is 51.4 Å². The molecule has 0 amide bonds. The third kappa shape index (κ3) is 4.64. The first-order chi connectivity index (χ1) is 9.28. The van der Waals surface area contributed by atoms with Crippen LogP contribution in [-0.4, -0.2) is 42.8 Å². The van der Waals surface area contributed by atoms with Crippen LogP contribution >= 0.6 is 0 Å². The molecule has 114 valence electrons. The van der Waals surface area contributed by atoms with Gasteiger partial charge in [-0.3, -0.25) is 9.88 Å². The summed E-state index contributed by atoms with van der Waals surface area (Å²) in [7, 11) is 1.53. The molecule has 0 saturated carbocycles. The van der Waals surface area contributed by atoms with Gasteiger partial charge in [0.25, 0.3) is 0 Å². The van der Waals surface area contributed by atoms with Gasteiger partial charge in [0.1, 0.15) is 5.75 Å². The minimum atomic E-state index is -4.25. The van der Waals surface area contributed by atoms with Crippen molar-refractivity contribution in [1.29, 1.82) is 0 Å². The van der Waals surface area contributed by atoms with Crippen LogP contribution in [0.2, 0.25) is 0 Å². The molecule has 20 heavy (non-hydrogen) atoms. The predicted octanol–water partition coefficient (Wildman–Crippen LogP) is 2.03. The lowest BCUT2D eigenvalue weighted by atomic mass is 10.1. The van der Waals surface area contributed by atoms with Crippen LogP contribution in [0.5, 0.6) is 5.75 Å². The van der Waals surface area contributed by atoms with E-state index >= 15 is 0 Å². The fourth-order valence-electron chi connectivity index (χ4n) is 2.09. The van der Waals surface area contributed by atoms with Crippen molar-refractivity contribution in [2.45, 2.75) is 26.6 Å². The molecule has 0 radical (unpaired) electrons. The number of halogens is 3. The number of rotatable bonds is 6. The van der Waals surface area contributed by atoms with E-state index in [4.69, 9.17) is 10.5 Å². The van der Waals surface area contributed by atoms with Crippen molar-refractivity contribution in [3.05, 3.63) is 23.0 Å². The van der Waals surface area contributed by atoms with Crippen LogP contribution in [0, 0.1) is 13.8 Å². The number of aromatic nitrogens is 1. The summed E-state index contributed by atoms with van der Waals surface area (Å²) >= 11 is 0. The summed E-state index contributed by atoms with van der Waals surface area (Å²) in [4.78, 5) is 5.45. The quantitative estimate of drug-likeness (QED) is 0.871. The average molecular weight is 291 g/mol. The van der Waals surface area contributed by atoms with Crippen molar-refractivity contribution in [2.24, 2.45) is 5.73 Å². The summed E-state index contributed by atoms with van der Waals surface area (Å²) in [5.41, 5.74) is 7.56. The number of methoxy groups -OCH3 is 1. The number of nitrogens with two attached hydrogens (primary N) is 1. The van der Waals surface area contributed by atoms with Crippen molar-refractivity contribution in [2.75, 3.05) is 26.7 Å². The smallest absolute Gasteiger partial charge is 0.401 e. The van der Waals surface area contributed by atoms with Gasteiger partial charge < -0.3 is 10.5 Å². The van der Waals surface area contributed by atoms with E-state index in [1.54, 1.807) is 13.1 Å². The van der Waals surface area contributed by atoms with E-state index in [0.29, 0.717) is 11.4 Å². The predicted molar refractivity (Wildman–Crippen MR) is 70.6 cm³/mol. The number of ether oxygens (including phenoxy) is 1. The normalized spacial score (nSPS) is 12.0. The van der Waals surface area contributed by atoms with Crippen molar-refractivity contribution in [3.63, 3.8) is 0 Å². The first kappa shape index (κ1) is 16.7. The van der Waals surface area contributed by atoms with Crippen LogP contribution in [0.25, 0.3) is 0 Å². The molecule has 7 heteroatoms. The summed E-state index contributed by atoms with van der Waals surface area (Å²) in [6.07, 6.45) is -2.65. The molecule has 0 spiro atoms. The zero-order valence-electron chi connectivity index (χ0n) is 11.9. The zero-order valence-corrected chi connectivity index (χ0v) is 11.9. The van der Waals surface area contributed by atoms with Gasteiger partial charge in [0.05, 0.1) is 19.3 Å². The lowest BCUT2D eigenvalue weighted by Gasteiger charge is -2.24. The second-order valence-corrected chi connectivity index (χ2v) is 4.66. The third-order valence-corrected chi connectivity index (χ3v) is 2.97. The summed E-state index contributed by atoms with van der Waals surface area (Å²) < 4.78 is 42.8. The molecule has 2 N–H and O–H groups in total. The molecule has 4 nitrogen and oxygen atoms in total. The molecule has 1 aromatic rings. The molecular formula is C13H20F3N3O. The molecular weight excluding hydrogens is 271 g/mol. The fourth-order valence-corrected chi connectivity index (χ4v) is 2.09. The number of hydrogen-bond donors (Lipinski definition) is 1. The summed E-state index contributed by atoms with van der Waals surface area (Å²) in [5.74, 6) is 0.662. The van der Waals surface area contributed by atoms with E-state index < -0.39 is 12.7 Å². The Kier molecular flexibility index (Phi) is 5.76. The van der Waals surface area contributed by atoms with E-state index in [2.05, 4.69) is 4.98 Å². The Bertz CT molecular complexity index is 449. The van der Waals surface area contributed by atoms with Gasteiger partial charge >= 0.3 is 6.18 Å². The minimum absolute atomic E-state index is 0.0964. The molecule has 0 aromatic carbocycles. The Hall–Kier alpha value is -1.34. The molecule has 0 fully saturated rings. The summed E-state index contributed by atoms with van der Waals surface area (Å²) in [5, 5.41) is 0. The van der Waals surface area contributed by atoms with Crippen molar-refractivity contribution >= 4 is 0 Å². The van der Waals surface area contributed by atoms with Gasteiger partial charge in [0, 0.05) is 37.0 Å². The van der Waals surface area contributed by atoms with Crippen LogP contribution in [0.4, 0.5) is 13.2 Å². The van der Waals surface area contributed by atoms with Crippen LogP contribution in [0.1, 0.15) is 16.8 Å². The Labute approximate surface area is 116 Å². The number of alkyl halides is 3. The van der Waals surface area contributed by atoms with Gasteiger partial charge in [-0.25, -0.2) is 0 Å². The van der Waals surface area contributed by atoms with Gasteiger partial charge in [0.15, 0.2) is 0 Å². The van der Waals surface area contributed by atoms with Gasteiger partial charge in [-0.05, 0) is 13.8 Å². The Morgan fingerprint density at radius 3 is 2.50 bits per heavy atom. The van der Waals surface area contributed by atoms with Crippen molar-refractivity contribution in [3.8, 4) is 5.75 Å². The molecule has 0 atom stereocenters. The molecule has 0 saturated heterocycles. The van der Waals surface area contributed by atoms with Crippen molar-refractivity contribution < 1.29 is 17.9 Å². The SMILES string of the molecule is COc1c(C)cnc(CN(CCN)CC(F)(F)F)c1C. The van der Waals surface area contributed by atoms with Gasteiger partial charge in [-0.1, -0.05) is 0 Å². The maximum Gasteiger partial charge on any atom is 0.401 e. The zero-order chi connectivity index (χ0) is 15.3. The first-order valence-corrected chi connectivity index (χ1v) is 6.26. The fraction of sp³-hybridized carbons (Fsp3) is 0.615. The minimum Gasteiger partial charge on any atom is -0.496 e. The van der Waals surface area contributed by atoms with Gasteiger partial charge in [-0.2, -0.15) is 13.2 Å². The Morgan fingerprint density at radius 1 is 1.35 bits per heavy atom. The van der Waals surface area contributed by atoms with Crippen LogP contribution in [0.3, 0.4) is 0 Å². The third-order valence-electron chi connectivity index (χ3n) is 2.97. The molecule has 0 aliphatic carbocycles. The standard InChI is InChI=1S/C13H20F3N3O/c1-9-6-18-11(10(2)12(9)20-3)7-19(5-4-17)8-13(14,15)16/h6H,4-5,7-8,17H2,1-3H3. The lowest BCUT2D eigenvalue weighted by molar-refractivity contribution is -0.146. The highest BCUT2D eigenvalue weighted by Crippen LogP contribution is 2.25. The molecule has 1 aromatic heterocycles. The van der Waals surface area contributed by atoms with Gasteiger partial charge in [-0.15, -0.1) is 0 Å². The van der Waals surface area contributed by atoms with Gasteiger partial charge in [0.2, 0.25) is 0 Å². The molecule has 0 aliphatic heterocycles. The molecule has 0 unspecified atom stereocenters. The molecule has 1 rings (SSSR count). The van der Waals surface area contributed by atoms with E-state index in [-0.39, 0.29) is 19.6 Å².